The molecule has 0 radical (unpaired) electrons. The molecule has 2 heterocycles. The third-order valence-electron chi connectivity index (χ3n) is 4.16. The molecular weight excluding hydrogens is 323 g/mol. The number of para-hydroxylation sites is 1. The smallest absolute Gasteiger partial charge is 0.229 e. The first-order valence-corrected chi connectivity index (χ1v) is 8.18. The Hall–Kier alpha value is -2.73. The van der Waals surface area contributed by atoms with Crippen molar-refractivity contribution in [3.63, 3.8) is 0 Å². The molecule has 1 aliphatic rings. The number of aromatic nitrogens is 2. The number of fused-ring (bicyclic) bond motifs is 1. The first kappa shape index (κ1) is 15.8. The SMILES string of the molecule is Fc1ccccc1OCc1noc(CC2OCCc3ccccc32)n1. The van der Waals surface area contributed by atoms with E-state index in [1.165, 1.54) is 11.6 Å². The van der Waals surface area contributed by atoms with E-state index >= 15 is 0 Å². The molecule has 1 aliphatic heterocycles. The van der Waals surface area contributed by atoms with Crippen LogP contribution in [0.2, 0.25) is 0 Å². The summed E-state index contributed by atoms with van der Waals surface area (Å²) in [7, 11) is 0. The van der Waals surface area contributed by atoms with Gasteiger partial charge in [-0.2, -0.15) is 4.98 Å². The molecule has 0 spiro atoms. The third kappa shape index (κ3) is 3.53. The van der Waals surface area contributed by atoms with Crippen LogP contribution >= 0.6 is 0 Å². The van der Waals surface area contributed by atoms with Crippen LogP contribution in [0.3, 0.4) is 0 Å². The van der Waals surface area contributed by atoms with E-state index < -0.39 is 5.82 Å². The van der Waals surface area contributed by atoms with Crippen molar-refractivity contribution >= 4 is 0 Å². The highest BCUT2D eigenvalue weighted by Gasteiger charge is 2.23. The van der Waals surface area contributed by atoms with Gasteiger partial charge < -0.3 is 14.0 Å². The first-order valence-electron chi connectivity index (χ1n) is 8.18. The van der Waals surface area contributed by atoms with Crippen LogP contribution in [0.5, 0.6) is 5.75 Å². The van der Waals surface area contributed by atoms with Gasteiger partial charge in [0, 0.05) is 0 Å². The van der Waals surface area contributed by atoms with Gasteiger partial charge in [-0.25, -0.2) is 4.39 Å². The van der Waals surface area contributed by atoms with Gasteiger partial charge >= 0.3 is 0 Å². The lowest BCUT2D eigenvalue weighted by Crippen LogP contribution is -2.18. The summed E-state index contributed by atoms with van der Waals surface area (Å²) in [4.78, 5) is 4.32. The molecule has 25 heavy (non-hydrogen) atoms. The average molecular weight is 340 g/mol. The van der Waals surface area contributed by atoms with Crippen molar-refractivity contribution in [2.24, 2.45) is 0 Å². The lowest BCUT2D eigenvalue weighted by molar-refractivity contribution is 0.0375. The van der Waals surface area contributed by atoms with Crippen molar-refractivity contribution < 1.29 is 18.4 Å². The van der Waals surface area contributed by atoms with Crippen molar-refractivity contribution in [3.05, 3.63) is 77.2 Å². The molecule has 0 saturated heterocycles. The summed E-state index contributed by atoms with van der Waals surface area (Å²) in [5.41, 5.74) is 2.46. The Morgan fingerprint density at radius 3 is 2.88 bits per heavy atom. The van der Waals surface area contributed by atoms with Crippen LogP contribution in [0, 0.1) is 5.82 Å². The Kier molecular flexibility index (Phi) is 4.43. The molecule has 0 N–H and O–H groups in total. The summed E-state index contributed by atoms with van der Waals surface area (Å²) in [5.74, 6) is 0.605. The highest BCUT2D eigenvalue weighted by Crippen LogP contribution is 2.29. The molecule has 5 nitrogen and oxygen atoms in total. The van der Waals surface area contributed by atoms with Crippen LogP contribution in [0.15, 0.2) is 53.1 Å². The quantitative estimate of drug-likeness (QED) is 0.710. The van der Waals surface area contributed by atoms with Crippen molar-refractivity contribution in [2.45, 2.75) is 25.6 Å². The van der Waals surface area contributed by atoms with Crippen LogP contribution in [0.25, 0.3) is 0 Å². The van der Waals surface area contributed by atoms with Gasteiger partial charge in [0.05, 0.1) is 19.1 Å². The van der Waals surface area contributed by atoms with Gasteiger partial charge in [0.15, 0.2) is 18.2 Å². The number of hydrogen-bond donors (Lipinski definition) is 0. The molecule has 128 valence electrons. The lowest BCUT2D eigenvalue weighted by atomic mass is 9.96. The fourth-order valence-electron chi connectivity index (χ4n) is 2.94. The molecule has 0 amide bonds. The van der Waals surface area contributed by atoms with E-state index in [2.05, 4.69) is 22.3 Å². The third-order valence-corrected chi connectivity index (χ3v) is 4.16. The monoisotopic (exact) mass is 340 g/mol. The summed E-state index contributed by atoms with van der Waals surface area (Å²) >= 11 is 0. The predicted octanol–water partition coefficient (Wildman–Crippen LogP) is 3.64. The fourth-order valence-corrected chi connectivity index (χ4v) is 2.94. The zero-order valence-corrected chi connectivity index (χ0v) is 13.5. The highest BCUT2D eigenvalue weighted by atomic mass is 19.1. The number of halogens is 1. The normalized spacial score (nSPS) is 16.4. The number of nitrogens with zero attached hydrogens (tertiary/aromatic N) is 2. The molecule has 1 atom stereocenters. The molecule has 0 bridgehead atoms. The van der Waals surface area contributed by atoms with Crippen LogP contribution in [0.1, 0.15) is 28.9 Å². The molecule has 0 aliphatic carbocycles. The van der Waals surface area contributed by atoms with E-state index in [0.717, 1.165) is 12.0 Å². The van der Waals surface area contributed by atoms with Crippen LogP contribution in [0.4, 0.5) is 4.39 Å². The Morgan fingerprint density at radius 1 is 1.12 bits per heavy atom. The van der Waals surface area contributed by atoms with E-state index in [-0.39, 0.29) is 18.5 Å². The zero-order valence-electron chi connectivity index (χ0n) is 13.5. The predicted molar refractivity (Wildman–Crippen MR) is 87.6 cm³/mol. The largest absolute Gasteiger partial charge is 0.482 e. The minimum absolute atomic E-state index is 0.0482. The Morgan fingerprint density at radius 2 is 1.96 bits per heavy atom. The molecule has 6 heteroatoms. The topological polar surface area (TPSA) is 57.4 Å². The zero-order chi connectivity index (χ0) is 17.1. The average Bonchev–Trinajstić information content (AvgIpc) is 3.09. The van der Waals surface area contributed by atoms with Gasteiger partial charge in [-0.3, -0.25) is 0 Å². The van der Waals surface area contributed by atoms with Gasteiger partial charge in [0.1, 0.15) is 0 Å². The van der Waals surface area contributed by atoms with Gasteiger partial charge in [-0.15, -0.1) is 0 Å². The van der Waals surface area contributed by atoms with E-state index in [4.69, 9.17) is 14.0 Å². The van der Waals surface area contributed by atoms with Crippen LogP contribution in [-0.4, -0.2) is 16.7 Å². The van der Waals surface area contributed by atoms with Crippen LogP contribution in [-0.2, 0) is 24.2 Å². The summed E-state index contributed by atoms with van der Waals surface area (Å²) < 4.78 is 30.1. The maximum absolute atomic E-state index is 13.5. The maximum Gasteiger partial charge on any atom is 0.229 e. The number of rotatable bonds is 5. The highest BCUT2D eigenvalue weighted by molar-refractivity contribution is 5.31. The maximum atomic E-state index is 13.5. The number of benzene rings is 2. The second-order valence-corrected chi connectivity index (χ2v) is 5.84. The fraction of sp³-hybridized carbons (Fsp3) is 0.263. The van der Waals surface area contributed by atoms with Crippen molar-refractivity contribution in [1.29, 1.82) is 0 Å². The van der Waals surface area contributed by atoms with Crippen molar-refractivity contribution in [1.82, 2.24) is 10.1 Å². The number of hydrogen-bond acceptors (Lipinski definition) is 5. The van der Waals surface area contributed by atoms with E-state index in [9.17, 15) is 4.39 Å². The minimum Gasteiger partial charge on any atom is -0.482 e. The first-order chi connectivity index (χ1) is 12.3. The Labute approximate surface area is 144 Å². The molecule has 4 rings (SSSR count). The van der Waals surface area contributed by atoms with E-state index in [1.807, 2.05) is 12.1 Å². The molecule has 1 aromatic heterocycles. The molecular formula is C19H17FN2O3. The van der Waals surface area contributed by atoms with Gasteiger partial charge in [-0.05, 0) is 29.7 Å². The summed E-state index contributed by atoms with van der Waals surface area (Å²) in [6.07, 6.45) is 1.33. The molecule has 3 aromatic rings. The second-order valence-electron chi connectivity index (χ2n) is 5.84. The number of ether oxygens (including phenoxy) is 2. The van der Waals surface area contributed by atoms with Crippen LogP contribution < -0.4 is 4.74 Å². The summed E-state index contributed by atoms with van der Waals surface area (Å²) in [6, 6.07) is 14.4. The minimum atomic E-state index is -0.418. The molecule has 0 saturated carbocycles. The van der Waals surface area contributed by atoms with Gasteiger partial charge in [-0.1, -0.05) is 41.6 Å². The van der Waals surface area contributed by atoms with Gasteiger partial charge in [0.25, 0.3) is 0 Å². The molecule has 0 fully saturated rings. The summed E-state index contributed by atoms with van der Waals surface area (Å²) in [5, 5.41) is 3.89. The Bertz CT molecular complexity index is 865. The van der Waals surface area contributed by atoms with Crippen molar-refractivity contribution in [2.75, 3.05) is 6.61 Å². The van der Waals surface area contributed by atoms with E-state index in [0.29, 0.717) is 24.7 Å². The second kappa shape index (κ2) is 7.03. The molecule has 1 unspecified atom stereocenters. The summed E-state index contributed by atoms with van der Waals surface area (Å²) in [6.45, 7) is 0.728. The Balaban J connectivity index is 1.41. The lowest BCUT2D eigenvalue weighted by Gasteiger charge is -2.24. The van der Waals surface area contributed by atoms with E-state index in [1.54, 1.807) is 18.2 Å². The van der Waals surface area contributed by atoms with Crippen molar-refractivity contribution in [3.8, 4) is 5.75 Å². The standard InChI is InChI=1S/C19H17FN2O3/c20-15-7-3-4-8-16(15)24-12-18-21-19(25-22-18)11-17-14-6-2-1-5-13(14)9-10-23-17/h1-8,17H,9-12H2. The molecule has 2 aromatic carbocycles. The van der Waals surface area contributed by atoms with Gasteiger partial charge in [0.2, 0.25) is 11.7 Å².